The van der Waals surface area contributed by atoms with E-state index in [-0.39, 0.29) is 11.4 Å². The van der Waals surface area contributed by atoms with E-state index in [4.69, 9.17) is 5.73 Å². The normalized spacial score (nSPS) is 18.4. The second-order valence-electron chi connectivity index (χ2n) is 10.4. The zero-order valence-corrected chi connectivity index (χ0v) is 24.7. The van der Waals surface area contributed by atoms with E-state index in [1.807, 2.05) is 98.0 Å². The maximum atomic E-state index is 14.2. The molecular formula is C33H35N3O3S2. The van der Waals surface area contributed by atoms with Gasteiger partial charge in [0.15, 0.2) is 4.87 Å². The number of sulfonamides is 1. The van der Waals surface area contributed by atoms with E-state index in [1.54, 1.807) is 12.1 Å². The number of carbonyl (C=O) groups is 1. The molecule has 2 N–H and O–H groups in total. The van der Waals surface area contributed by atoms with Crippen LogP contribution in [0.5, 0.6) is 0 Å². The lowest BCUT2D eigenvalue weighted by atomic mass is 9.87. The Morgan fingerprint density at radius 1 is 0.878 bits per heavy atom. The van der Waals surface area contributed by atoms with Crippen molar-refractivity contribution in [2.75, 3.05) is 25.9 Å². The van der Waals surface area contributed by atoms with E-state index >= 15 is 0 Å². The zero-order chi connectivity index (χ0) is 28.9. The summed E-state index contributed by atoms with van der Waals surface area (Å²) < 4.78 is 29.8. The van der Waals surface area contributed by atoms with Crippen molar-refractivity contribution in [3.63, 3.8) is 0 Å². The molecule has 4 aromatic rings. The standard InChI is InChI=1S/C33H35N3O3S2/c1-35(25-26-11-5-2-6-12-26)22-21-31(29-15-9-4-10-16-29)33(32(34)37)36(23-24-40-33)41(38,39)30-19-17-28(18-20-30)27-13-7-3-8-14-27/h2-20,31H,21-25H2,1H3,(H2,34,37). The number of hydrogen-bond acceptors (Lipinski definition) is 5. The van der Waals surface area contributed by atoms with Crippen LogP contribution in [-0.4, -0.2) is 54.3 Å². The summed E-state index contributed by atoms with van der Waals surface area (Å²) >= 11 is 1.34. The fraction of sp³-hybridized carbons (Fsp3) is 0.242. The minimum Gasteiger partial charge on any atom is -0.367 e. The number of nitrogens with two attached hydrogens (primary N) is 1. The number of primary amides is 1. The molecule has 0 aliphatic carbocycles. The highest BCUT2D eigenvalue weighted by Crippen LogP contribution is 2.50. The summed E-state index contributed by atoms with van der Waals surface area (Å²) in [4.78, 5) is 14.4. The predicted octanol–water partition coefficient (Wildman–Crippen LogP) is 5.58. The Hall–Kier alpha value is -3.43. The number of nitrogens with zero attached hydrogens (tertiary/aromatic N) is 2. The van der Waals surface area contributed by atoms with E-state index in [2.05, 4.69) is 17.0 Å². The van der Waals surface area contributed by atoms with Gasteiger partial charge in [-0.2, -0.15) is 4.31 Å². The fourth-order valence-electron chi connectivity index (χ4n) is 5.64. The van der Waals surface area contributed by atoms with Crippen LogP contribution in [0.3, 0.4) is 0 Å². The van der Waals surface area contributed by atoms with Crippen LogP contribution in [0.2, 0.25) is 0 Å². The van der Waals surface area contributed by atoms with Gasteiger partial charge in [-0.15, -0.1) is 11.8 Å². The molecule has 1 amide bonds. The van der Waals surface area contributed by atoms with Crippen LogP contribution in [0.25, 0.3) is 11.1 Å². The van der Waals surface area contributed by atoms with Gasteiger partial charge >= 0.3 is 0 Å². The molecule has 0 radical (unpaired) electrons. The lowest BCUT2D eigenvalue weighted by Gasteiger charge is -2.41. The molecule has 0 bridgehead atoms. The van der Waals surface area contributed by atoms with Crippen LogP contribution in [0.1, 0.15) is 23.5 Å². The van der Waals surface area contributed by atoms with E-state index < -0.39 is 26.7 Å². The number of rotatable bonds is 11. The Kier molecular flexibility index (Phi) is 8.94. The summed E-state index contributed by atoms with van der Waals surface area (Å²) in [6, 6.07) is 36.6. The summed E-state index contributed by atoms with van der Waals surface area (Å²) in [7, 11) is -1.99. The highest BCUT2D eigenvalue weighted by molar-refractivity contribution is 8.02. The molecular weight excluding hydrogens is 551 g/mol. The van der Waals surface area contributed by atoms with Crippen molar-refractivity contribution < 1.29 is 13.2 Å². The lowest BCUT2D eigenvalue weighted by molar-refractivity contribution is -0.123. The second kappa shape index (κ2) is 12.6. The molecule has 1 aliphatic heterocycles. The third-order valence-corrected chi connectivity index (χ3v) is 11.2. The Morgan fingerprint density at radius 2 is 1.44 bits per heavy atom. The first kappa shape index (κ1) is 29.1. The van der Waals surface area contributed by atoms with E-state index in [0.29, 0.717) is 18.7 Å². The van der Waals surface area contributed by atoms with Gasteiger partial charge in [0.25, 0.3) is 0 Å². The van der Waals surface area contributed by atoms with Crippen molar-refractivity contribution in [3.8, 4) is 11.1 Å². The smallest absolute Gasteiger partial charge is 0.250 e. The fourth-order valence-corrected chi connectivity index (χ4v) is 9.26. The van der Waals surface area contributed by atoms with E-state index in [0.717, 1.165) is 23.2 Å². The first-order chi connectivity index (χ1) is 19.8. The van der Waals surface area contributed by atoms with Crippen molar-refractivity contribution in [3.05, 3.63) is 126 Å². The SMILES string of the molecule is CN(CCC(c1ccccc1)C1(C(N)=O)SCCN1S(=O)(=O)c1ccc(-c2ccccc2)cc1)Cc1ccccc1. The van der Waals surface area contributed by atoms with Gasteiger partial charge in [0, 0.05) is 24.8 Å². The van der Waals surface area contributed by atoms with Crippen LogP contribution >= 0.6 is 11.8 Å². The molecule has 4 aromatic carbocycles. The molecule has 0 aromatic heterocycles. The Labute approximate surface area is 247 Å². The summed E-state index contributed by atoms with van der Waals surface area (Å²) in [6.07, 6.45) is 0.558. The molecule has 0 saturated carbocycles. The van der Waals surface area contributed by atoms with Crippen LogP contribution in [0, 0.1) is 0 Å². The molecule has 5 rings (SSSR count). The van der Waals surface area contributed by atoms with Crippen molar-refractivity contribution in [1.29, 1.82) is 0 Å². The Balaban J connectivity index is 1.48. The summed E-state index contributed by atoms with van der Waals surface area (Å²) in [5.41, 5.74) is 10.2. The maximum Gasteiger partial charge on any atom is 0.250 e. The molecule has 41 heavy (non-hydrogen) atoms. The number of amides is 1. The van der Waals surface area contributed by atoms with Crippen LogP contribution in [0.4, 0.5) is 0 Å². The largest absolute Gasteiger partial charge is 0.367 e. The van der Waals surface area contributed by atoms with Gasteiger partial charge in [-0.05, 0) is 54.4 Å². The minimum atomic E-state index is -4.03. The zero-order valence-electron chi connectivity index (χ0n) is 23.1. The van der Waals surface area contributed by atoms with Crippen LogP contribution < -0.4 is 5.73 Å². The van der Waals surface area contributed by atoms with Crippen molar-refractivity contribution in [2.45, 2.75) is 28.6 Å². The van der Waals surface area contributed by atoms with E-state index in [9.17, 15) is 13.2 Å². The minimum absolute atomic E-state index is 0.151. The highest BCUT2D eigenvalue weighted by Gasteiger charge is 2.57. The summed E-state index contributed by atoms with van der Waals surface area (Å²) in [6.45, 7) is 1.61. The molecule has 1 fully saturated rings. The van der Waals surface area contributed by atoms with Gasteiger partial charge in [0.05, 0.1) is 4.90 Å². The molecule has 6 nitrogen and oxygen atoms in total. The third-order valence-electron chi connectivity index (χ3n) is 7.66. The van der Waals surface area contributed by atoms with Crippen molar-refractivity contribution >= 4 is 27.7 Å². The van der Waals surface area contributed by atoms with Gasteiger partial charge in [-0.3, -0.25) is 4.79 Å². The molecule has 212 valence electrons. The van der Waals surface area contributed by atoms with Gasteiger partial charge in [0.1, 0.15) is 0 Å². The quantitative estimate of drug-likeness (QED) is 0.249. The lowest BCUT2D eigenvalue weighted by Crippen LogP contribution is -2.58. The van der Waals surface area contributed by atoms with E-state index in [1.165, 1.54) is 21.6 Å². The molecule has 0 spiro atoms. The number of benzene rings is 4. The highest BCUT2D eigenvalue weighted by atomic mass is 32.2. The molecule has 1 saturated heterocycles. The maximum absolute atomic E-state index is 14.2. The molecule has 2 unspecified atom stereocenters. The topological polar surface area (TPSA) is 83.7 Å². The van der Waals surface area contributed by atoms with Crippen LogP contribution in [0.15, 0.2) is 120 Å². The van der Waals surface area contributed by atoms with Crippen molar-refractivity contribution in [2.24, 2.45) is 5.73 Å². The Morgan fingerprint density at radius 3 is 2.05 bits per heavy atom. The number of thioether (sulfide) groups is 1. The van der Waals surface area contributed by atoms with Crippen LogP contribution in [-0.2, 0) is 21.4 Å². The molecule has 1 aliphatic rings. The second-order valence-corrected chi connectivity index (χ2v) is 13.5. The van der Waals surface area contributed by atoms with Crippen molar-refractivity contribution in [1.82, 2.24) is 9.21 Å². The molecule has 8 heteroatoms. The molecule has 2 atom stereocenters. The summed E-state index contributed by atoms with van der Waals surface area (Å²) in [5, 5.41) is 0. The van der Waals surface area contributed by atoms with Gasteiger partial charge in [-0.1, -0.05) is 103 Å². The van der Waals surface area contributed by atoms with Gasteiger partial charge < -0.3 is 10.6 Å². The Bertz CT molecular complexity index is 1550. The first-order valence-electron chi connectivity index (χ1n) is 13.7. The predicted molar refractivity (Wildman–Crippen MR) is 167 cm³/mol. The average molecular weight is 586 g/mol. The third kappa shape index (κ3) is 6.11. The summed E-state index contributed by atoms with van der Waals surface area (Å²) in [5.74, 6) is -0.595. The number of hydrogen-bond donors (Lipinski definition) is 1. The molecule has 1 heterocycles. The first-order valence-corrected chi connectivity index (χ1v) is 16.1. The number of carbonyl (C=O) groups excluding carboxylic acids is 1. The van der Waals surface area contributed by atoms with Gasteiger partial charge in [0.2, 0.25) is 15.9 Å². The average Bonchev–Trinajstić information content (AvgIpc) is 3.46. The van der Waals surface area contributed by atoms with Gasteiger partial charge in [-0.25, -0.2) is 8.42 Å². The monoisotopic (exact) mass is 585 g/mol.